The van der Waals surface area contributed by atoms with Gasteiger partial charge in [0.05, 0.1) is 5.69 Å². The van der Waals surface area contributed by atoms with Gasteiger partial charge in [0.15, 0.2) is 5.13 Å². The predicted molar refractivity (Wildman–Crippen MR) is 107 cm³/mol. The Morgan fingerprint density at radius 2 is 1.96 bits per heavy atom. The lowest BCUT2D eigenvalue weighted by Crippen LogP contribution is -2.42. The SMILES string of the molecule is CC[C@H](C)N(CC(=O)Nc1nc(C)c(C)s1)C(=O)/C=C/c1ccccc1. The summed E-state index contributed by atoms with van der Waals surface area (Å²) >= 11 is 1.44. The second-order valence-corrected chi connectivity index (χ2v) is 7.38. The summed E-state index contributed by atoms with van der Waals surface area (Å²) in [5.74, 6) is -0.412. The molecule has 0 fully saturated rings. The van der Waals surface area contributed by atoms with Crippen LogP contribution < -0.4 is 5.32 Å². The average Bonchev–Trinajstić information content (AvgIpc) is 2.95. The quantitative estimate of drug-likeness (QED) is 0.747. The van der Waals surface area contributed by atoms with Crippen LogP contribution >= 0.6 is 11.3 Å². The minimum atomic E-state index is -0.236. The van der Waals surface area contributed by atoms with E-state index in [-0.39, 0.29) is 24.4 Å². The van der Waals surface area contributed by atoms with Gasteiger partial charge >= 0.3 is 0 Å². The Hall–Kier alpha value is -2.47. The van der Waals surface area contributed by atoms with Crippen LogP contribution in [0, 0.1) is 13.8 Å². The molecule has 0 unspecified atom stereocenters. The highest BCUT2D eigenvalue weighted by Crippen LogP contribution is 2.21. The van der Waals surface area contributed by atoms with E-state index in [1.54, 1.807) is 11.0 Å². The number of hydrogen-bond donors (Lipinski definition) is 1. The van der Waals surface area contributed by atoms with Crippen LogP contribution in [0.25, 0.3) is 6.08 Å². The minimum absolute atomic E-state index is 0.00461. The van der Waals surface area contributed by atoms with Gasteiger partial charge in [0, 0.05) is 17.0 Å². The van der Waals surface area contributed by atoms with Crippen molar-refractivity contribution in [3.8, 4) is 0 Å². The third-order valence-corrected chi connectivity index (χ3v) is 5.20. The Morgan fingerprint density at radius 1 is 1.27 bits per heavy atom. The van der Waals surface area contributed by atoms with Gasteiger partial charge in [-0.15, -0.1) is 11.3 Å². The number of aromatic nitrogens is 1. The van der Waals surface area contributed by atoms with E-state index in [1.807, 2.05) is 58.0 Å². The van der Waals surface area contributed by atoms with Gasteiger partial charge in [-0.05, 0) is 38.8 Å². The number of anilines is 1. The third kappa shape index (κ3) is 5.52. The summed E-state index contributed by atoms with van der Waals surface area (Å²) in [5, 5.41) is 3.36. The Bertz CT molecular complexity index is 764. The first-order valence-electron chi connectivity index (χ1n) is 8.68. The summed E-state index contributed by atoms with van der Waals surface area (Å²) in [6.45, 7) is 7.82. The highest BCUT2D eigenvalue weighted by molar-refractivity contribution is 7.15. The third-order valence-electron chi connectivity index (χ3n) is 4.21. The molecule has 1 aromatic heterocycles. The summed E-state index contributed by atoms with van der Waals surface area (Å²) < 4.78 is 0. The summed E-state index contributed by atoms with van der Waals surface area (Å²) in [6.07, 6.45) is 4.06. The van der Waals surface area contributed by atoms with Gasteiger partial charge in [-0.1, -0.05) is 37.3 Å². The number of amides is 2. The van der Waals surface area contributed by atoms with Crippen LogP contribution in [-0.4, -0.2) is 34.3 Å². The molecule has 0 spiro atoms. The normalized spacial score (nSPS) is 12.2. The number of hydrogen-bond acceptors (Lipinski definition) is 4. The van der Waals surface area contributed by atoms with Crippen molar-refractivity contribution in [1.82, 2.24) is 9.88 Å². The van der Waals surface area contributed by atoms with E-state index >= 15 is 0 Å². The molecule has 1 N–H and O–H groups in total. The molecule has 1 atom stereocenters. The van der Waals surface area contributed by atoms with Crippen LogP contribution in [0.3, 0.4) is 0 Å². The molecule has 26 heavy (non-hydrogen) atoms. The fourth-order valence-corrected chi connectivity index (χ4v) is 3.17. The molecule has 2 aromatic rings. The molecule has 1 heterocycles. The molecule has 0 aliphatic rings. The van der Waals surface area contributed by atoms with Gasteiger partial charge in [0.2, 0.25) is 11.8 Å². The van der Waals surface area contributed by atoms with Gasteiger partial charge < -0.3 is 10.2 Å². The number of benzene rings is 1. The van der Waals surface area contributed by atoms with E-state index in [1.165, 1.54) is 17.4 Å². The van der Waals surface area contributed by atoms with Crippen molar-refractivity contribution >= 4 is 34.4 Å². The number of thiazole rings is 1. The molecule has 0 saturated heterocycles. The van der Waals surface area contributed by atoms with Gasteiger partial charge in [-0.25, -0.2) is 4.98 Å². The highest BCUT2D eigenvalue weighted by Gasteiger charge is 2.20. The van der Waals surface area contributed by atoms with Gasteiger partial charge in [-0.3, -0.25) is 9.59 Å². The lowest BCUT2D eigenvalue weighted by molar-refractivity contribution is -0.132. The van der Waals surface area contributed by atoms with Crippen molar-refractivity contribution in [1.29, 1.82) is 0 Å². The van der Waals surface area contributed by atoms with Crippen LogP contribution in [0.4, 0.5) is 5.13 Å². The summed E-state index contributed by atoms with van der Waals surface area (Å²) in [7, 11) is 0. The van der Waals surface area contributed by atoms with Crippen molar-refractivity contribution in [3.63, 3.8) is 0 Å². The molecule has 0 aliphatic carbocycles. The molecule has 1 aromatic carbocycles. The zero-order chi connectivity index (χ0) is 19.1. The number of nitrogens with one attached hydrogen (secondary N) is 1. The first-order valence-corrected chi connectivity index (χ1v) is 9.50. The average molecular weight is 372 g/mol. The van der Waals surface area contributed by atoms with E-state index in [2.05, 4.69) is 10.3 Å². The van der Waals surface area contributed by atoms with Crippen LogP contribution in [0.15, 0.2) is 36.4 Å². The zero-order valence-electron chi connectivity index (χ0n) is 15.7. The Kier molecular flexibility index (Phi) is 7.09. The number of nitrogens with zero attached hydrogens (tertiary/aromatic N) is 2. The second kappa shape index (κ2) is 9.29. The topological polar surface area (TPSA) is 62.3 Å². The van der Waals surface area contributed by atoms with E-state index in [4.69, 9.17) is 0 Å². The number of carbonyl (C=O) groups excluding carboxylic acids is 2. The molecule has 5 nitrogen and oxygen atoms in total. The lowest BCUT2D eigenvalue weighted by Gasteiger charge is -2.26. The molecule has 2 amide bonds. The fourth-order valence-electron chi connectivity index (χ4n) is 2.34. The van der Waals surface area contributed by atoms with E-state index in [0.717, 1.165) is 22.6 Å². The molecule has 138 valence electrons. The van der Waals surface area contributed by atoms with Crippen molar-refractivity contribution in [3.05, 3.63) is 52.5 Å². The largest absolute Gasteiger partial charge is 0.327 e. The van der Waals surface area contributed by atoms with E-state index < -0.39 is 0 Å². The summed E-state index contributed by atoms with van der Waals surface area (Å²) in [5.41, 5.74) is 1.86. The summed E-state index contributed by atoms with van der Waals surface area (Å²) in [4.78, 5) is 32.0. The molecular formula is C20H25N3O2S. The molecule has 6 heteroatoms. The van der Waals surface area contributed by atoms with Crippen LogP contribution in [0.1, 0.15) is 36.4 Å². The molecular weight excluding hydrogens is 346 g/mol. The van der Waals surface area contributed by atoms with Crippen LogP contribution in [-0.2, 0) is 9.59 Å². The standard InChI is InChI=1S/C20H25N3O2S/c1-5-14(2)23(19(25)12-11-17-9-7-6-8-10-17)13-18(24)22-20-21-15(3)16(4)26-20/h6-12,14H,5,13H2,1-4H3,(H,21,22,24)/b12-11+/t14-/m0/s1. The first-order chi connectivity index (χ1) is 12.4. The predicted octanol–water partition coefficient (Wildman–Crippen LogP) is 4.04. The fraction of sp³-hybridized carbons (Fsp3) is 0.350. The first kappa shape index (κ1) is 19.8. The van der Waals surface area contributed by atoms with Crippen LogP contribution in [0.2, 0.25) is 0 Å². The van der Waals surface area contributed by atoms with Crippen LogP contribution in [0.5, 0.6) is 0 Å². The monoisotopic (exact) mass is 371 g/mol. The summed E-state index contributed by atoms with van der Waals surface area (Å²) in [6, 6.07) is 9.59. The maximum atomic E-state index is 12.6. The molecule has 0 radical (unpaired) electrons. The van der Waals surface area contributed by atoms with Gasteiger partial charge in [0.25, 0.3) is 0 Å². The smallest absolute Gasteiger partial charge is 0.247 e. The Labute approximate surface area is 158 Å². The second-order valence-electron chi connectivity index (χ2n) is 6.18. The number of aryl methyl sites for hydroxylation is 2. The number of carbonyl (C=O) groups is 2. The van der Waals surface area contributed by atoms with Crippen molar-refractivity contribution in [2.24, 2.45) is 0 Å². The molecule has 0 aliphatic heterocycles. The maximum absolute atomic E-state index is 12.6. The highest BCUT2D eigenvalue weighted by atomic mass is 32.1. The van der Waals surface area contributed by atoms with Gasteiger partial charge in [-0.2, -0.15) is 0 Å². The molecule has 0 bridgehead atoms. The maximum Gasteiger partial charge on any atom is 0.247 e. The van der Waals surface area contributed by atoms with Crippen molar-refractivity contribution in [2.45, 2.75) is 40.2 Å². The molecule has 0 saturated carbocycles. The molecule has 2 rings (SSSR count). The zero-order valence-corrected chi connectivity index (χ0v) is 16.5. The van der Waals surface area contributed by atoms with E-state index in [9.17, 15) is 9.59 Å². The van der Waals surface area contributed by atoms with E-state index in [0.29, 0.717) is 5.13 Å². The Balaban J connectivity index is 2.05. The Morgan fingerprint density at radius 3 is 2.54 bits per heavy atom. The minimum Gasteiger partial charge on any atom is -0.327 e. The van der Waals surface area contributed by atoms with Crippen molar-refractivity contribution in [2.75, 3.05) is 11.9 Å². The number of rotatable bonds is 7. The van der Waals surface area contributed by atoms with Crippen molar-refractivity contribution < 1.29 is 9.59 Å². The lowest BCUT2D eigenvalue weighted by atomic mass is 10.2. The van der Waals surface area contributed by atoms with Gasteiger partial charge in [0.1, 0.15) is 6.54 Å².